The van der Waals surface area contributed by atoms with Crippen molar-refractivity contribution < 1.29 is 14.3 Å². The maximum absolute atomic E-state index is 11.8. The van der Waals surface area contributed by atoms with Gasteiger partial charge in [0.25, 0.3) is 0 Å². The number of rotatable bonds is 8. The molecule has 0 bridgehead atoms. The predicted molar refractivity (Wildman–Crippen MR) is 78.1 cm³/mol. The van der Waals surface area contributed by atoms with E-state index in [0.717, 1.165) is 18.7 Å². The zero-order valence-electron chi connectivity index (χ0n) is 11.9. The van der Waals surface area contributed by atoms with Gasteiger partial charge in [-0.2, -0.15) is 0 Å². The number of hydrogen-bond donors (Lipinski definition) is 1. The van der Waals surface area contributed by atoms with Crippen molar-refractivity contribution in [2.24, 2.45) is 0 Å². The minimum absolute atomic E-state index is 0.234. The van der Waals surface area contributed by atoms with Gasteiger partial charge in [-0.25, -0.2) is 4.79 Å². The summed E-state index contributed by atoms with van der Waals surface area (Å²) >= 11 is 0. The Kier molecular flexibility index (Phi) is 5.62. The normalized spacial score (nSPS) is 14.6. The van der Waals surface area contributed by atoms with Crippen molar-refractivity contribution in [2.75, 3.05) is 26.3 Å². The Morgan fingerprint density at radius 2 is 2.05 bits per heavy atom. The van der Waals surface area contributed by atoms with Gasteiger partial charge < -0.3 is 14.8 Å². The highest BCUT2D eigenvalue weighted by Crippen LogP contribution is 2.26. The predicted octanol–water partition coefficient (Wildman–Crippen LogP) is 2.36. The Labute approximate surface area is 119 Å². The van der Waals surface area contributed by atoms with Crippen LogP contribution >= 0.6 is 0 Å². The minimum Gasteiger partial charge on any atom is -0.492 e. The second-order valence-electron chi connectivity index (χ2n) is 4.69. The molecule has 0 radical (unpaired) electrons. The molecule has 4 nitrogen and oxygen atoms in total. The van der Waals surface area contributed by atoms with Crippen LogP contribution in [0.3, 0.4) is 0 Å². The molecule has 1 aliphatic rings. The first kappa shape index (κ1) is 14.6. The smallest absolute Gasteiger partial charge is 0.342 e. The van der Waals surface area contributed by atoms with E-state index in [1.165, 1.54) is 12.8 Å². The molecule has 0 atom stereocenters. The Bertz CT molecular complexity index is 468. The van der Waals surface area contributed by atoms with Gasteiger partial charge in [-0.05, 0) is 18.5 Å². The quantitative estimate of drug-likeness (QED) is 0.584. The second kappa shape index (κ2) is 7.70. The summed E-state index contributed by atoms with van der Waals surface area (Å²) in [5, 5.41) is 3.30. The molecule has 0 saturated heterocycles. The molecule has 1 aliphatic heterocycles. The molecule has 1 aromatic rings. The monoisotopic (exact) mass is 275 g/mol. The fraction of sp³-hybridized carbons (Fsp3) is 0.438. The van der Waals surface area contributed by atoms with Crippen LogP contribution in [0.4, 0.5) is 0 Å². The van der Waals surface area contributed by atoms with Crippen LogP contribution in [0.2, 0.25) is 0 Å². The van der Waals surface area contributed by atoms with E-state index in [1.807, 2.05) is 30.3 Å². The molecule has 0 fully saturated rings. The number of unbranched alkanes of at least 4 members (excludes halogenated alkanes) is 1. The fourth-order valence-corrected chi connectivity index (χ4v) is 2.06. The lowest BCUT2D eigenvalue weighted by molar-refractivity contribution is -0.134. The van der Waals surface area contributed by atoms with Gasteiger partial charge in [0.15, 0.2) is 0 Å². The minimum atomic E-state index is -0.301. The van der Waals surface area contributed by atoms with Crippen molar-refractivity contribution in [1.82, 2.24) is 5.32 Å². The number of carbonyl (C=O) groups excluding carboxylic acids is 1. The molecule has 1 aromatic carbocycles. The topological polar surface area (TPSA) is 47.6 Å². The van der Waals surface area contributed by atoms with Gasteiger partial charge in [0.2, 0.25) is 0 Å². The summed E-state index contributed by atoms with van der Waals surface area (Å²) in [6.45, 7) is 4.72. The molecule has 0 spiro atoms. The number of nitrogens with one attached hydrogen (secondary N) is 1. The van der Waals surface area contributed by atoms with Crippen LogP contribution in [0.1, 0.15) is 25.3 Å². The third-order valence-electron chi connectivity index (χ3n) is 3.14. The zero-order valence-corrected chi connectivity index (χ0v) is 11.9. The van der Waals surface area contributed by atoms with E-state index in [-0.39, 0.29) is 12.6 Å². The van der Waals surface area contributed by atoms with Crippen LogP contribution in [-0.4, -0.2) is 32.3 Å². The molecule has 2 rings (SSSR count). The van der Waals surface area contributed by atoms with Gasteiger partial charge in [-0.3, -0.25) is 0 Å². The molecule has 20 heavy (non-hydrogen) atoms. The lowest BCUT2D eigenvalue weighted by Crippen LogP contribution is -2.20. The Balaban J connectivity index is 1.91. The van der Waals surface area contributed by atoms with E-state index in [2.05, 4.69) is 12.2 Å². The van der Waals surface area contributed by atoms with Crippen LogP contribution in [0.25, 0.3) is 5.57 Å². The number of cyclic esters (lactones) is 1. The highest BCUT2D eigenvalue weighted by molar-refractivity contribution is 6.18. The first-order valence-corrected chi connectivity index (χ1v) is 7.12. The van der Waals surface area contributed by atoms with Gasteiger partial charge >= 0.3 is 5.97 Å². The standard InChI is InChI=1S/C16H21NO3/c1-2-3-9-17-10-11-19-14-12-20-16(18)15(14)13-7-5-4-6-8-13/h4-8,17H,2-3,9-12H2,1H3. The van der Waals surface area contributed by atoms with Crippen LogP contribution in [0.15, 0.2) is 36.1 Å². The first-order valence-electron chi connectivity index (χ1n) is 7.12. The average Bonchev–Trinajstić information content (AvgIpc) is 2.84. The van der Waals surface area contributed by atoms with E-state index in [9.17, 15) is 4.79 Å². The molecule has 1 N–H and O–H groups in total. The molecule has 0 aromatic heterocycles. The van der Waals surface area contributed by atoms with Gasteiger partial charge in [-0.15, -0.1) is 0 Å². The SMILES string of the molecule is CCCCNCCOC1=C(c2ccccc2)C(=O)OC1. The average molecular weight is 275 g/mol. The van der Waals surface area contributed by atoms with E-state index in [4.69, 9.17) is 9.47 Å². The summed E-state index contributed by atoms with van der Waals surface area (Å²) in [7, 11) is 0. The van der Waals surface area contributed by atoms with Gasteiger partial charge in [-0.1, -0.05) is 43.7 Å². The van der Waals surface area contributed by atoms with Crippen LogP contribution in [0, 0.1) is 0 Å². The van der Waals surface area contributed by atoms with Crippen molar-refractivity contribution in [2.45, 2.75) is 19.8 Å². The molecule has 0 aliphatic carbocycles. The maximum Gasteiger partial charge on any atom is 0.342 e. The molecule has 0 amide bonds. The van der Waals surface area contributed by atoms with E-state index < -0.39 is 0 Å². The number of carbonyl (C=O) groups is 1. The molecular weight excluding hydrogens is 254 g/mol. The Morgan fingerprint density at radius 1 is 1.25 bits per heavy atom. The van der Waals surface area contributed by atoms with Crippen molar-refractivity contribution in [1.29, 1.82) is 0 Å². The number of hydrogen-bond acceptors (Lipinski definition) is 4. The summed E-state index contributed by atoms with van der Waals surface area (Å²) in [6.07, 6.45) is 2.35. The summed E-state index contributed by atoms with van der Waals surface area (Å²) in [5.74, 6) is 0.337. The summed E-state index contributed by atoms with van der Waals surface area (Å²) in [6, 6.07) is 9.51. The molecule has 108 valence electrons. The highest BCUT2D eigenvalue weighted by Gasteiger charge is 2.27. The molecule has 0 unspecified atom stereocenters. The van der Waals surface area contributed by atoms with E-state index in [0.29, 0.717) is 17.9 Å². The molecule has 0 saturated carbocycles. The van der Waals surface area contributed by atoms with Crippen LogP contribution in [0.5, 0.6) is 0 Å². The summed E-state index contributed by atoms with van der Waals surface area (Å²) in [5.41, 5.74) is 1.41. The van der Waals surface area contributed by atoms with Gasteiger partial charge in [0.1, 0.15) is 24.5 Å². The molecule has 4 heteroatoms. The number of esters is 1. The van der Waals surface area contributed by atoms with Crippen molar-refractivity contribution >= 4 is 11.5 Å². The van der Waals surface area contributed by atoms with E-state index >= 15 is 0 Å². The Morgan fingerprint density at radius 3 is 2.80 bits per heavy atom. The zero-order chi connectivity index (χ0) is 14.2. The van der Waals surface area contributed by atoms with Gasteiger partial charge in [0.05, 0.1) is 0 Å². The van der Waals surface area contributed by atoms with Crippen LogP contribution < -0.4 is 5.32 Å². The summed E-state index contributed by atoms with van der Waals surface area (Å²) < 4.78 is 10.8. The maximum atomic E-state index is 11.8. The number of benzene rings is 1. The third-order valence-corrected chi connectivity index (χ3v) is 3.14. The lowest BCUT2D eigenvalue weighted by Gasteiger charge is -2.08. The van der Waals surface area contributed by atoms with Crippen molar-refractivity contribution in [3.8, 4) is 0 Å². The molecular formula is C16H21NO3. The Hall–Kier alpha value is -1.81. The van der Waals surface area contributed by atoms with Crippen LogP contribution in [-0.2, 0) is 14.3 Å². The third kappa shape index (κ3) is 3.84. The van der Waals surface area contributed by atoms with Crippen molar-refractivity contribution in [3.05, 3.63) is 41.7 Å². The summed E-state index contributed by atoms with van der Waals surface area (Å²) in [4.78, 5) is 11.8. The van der Waals surface area contributed by atoms with Gasteiger partial charge in [0, 0.05) is 6.54 Å². The van der Waals surface area contributed by atoms with Crippen molar-refractivity contribution in [3.63, 3.8) is 0 Å². The lowest BCUT2D eigenvalue weighted by atomic mass is 10.1. The fourth-order valence-electron chi connectivity index (χ4n) is 2.06. The molecule has 1 heterocycles. The second-order valence-corrected chi connectivity index (χ2v) is 4.69. The largest absolute Gasteiger partial charge is 0.492 e. The first-order chi connectivity index (χ1) is 9.83. The number of ether oxygens (including phenoxy) is 2. The van der Waals surface area contributed by atoms with E-state index in [1.54, 1.807) is 0 Å². The highest BCUT2D eigenvalue weighted by atomic mass is 16.6.